The first-order chi connectivity index (χ1) is 13.6. The average Bonchev–Trinajstić information content (AvgIpc) is 3.03. The van der Waals surface area contributed by atoms with Gasteiger partial charge in [-0.2, -0.15) is 0 Å². The van der Waals surface area contributed by atoms with E-state index in [9.17, 15) is 0 Å². The van der Waals surface area contributed by atoms with Crippen LogP contribution in [0.3, 0.4) is 0 Å². The number of imidazole rings is 1. The third-order valence-corrected chi connectivity index (χ3v) is 5.31. The molecule has 0 saturated heterocycles. The van der Waals surface area contributed by atoms with Gasteiger partial charge < -0.3 is 9.30 Å². The smallest absolute Gasteiger partial charge is 0.125 e. The average molecular weight is 370 g/mol. The Hall–Kier alpha value is -3.07. The highest BCUT2D eigenvalue weighted by Gasteiger charge is 2.12. The summed E-state index contributed by atoms with van der Waals surface area (Å²) in [5, 5.41) is 0. The maximum absolute atomic E-state index is 6.17. The molecule has 1 heterocycles. The summed E-state index contributed by atoms with van der Waals surface area (Å²) in [4.78, 5) is 4.92. The van der Waals surface area contributed by atoms with Crippen molar-refractivity contribution in [2.75, 3.05) is 6.61 Å². The zero-order chi connectivity index (χ0) is 19.5. The van der Waals surface area contributed by atoms with E-state index in [-0.39, 0.29) is 0 Å². The molecule has 4 aromatic rings. The van der Waals surface area contributed by atoms with Crippen LogP contribution in [-0.4, -0.2) is 16.2 Å². The van der Waals surface area contributed by atoms with Gasteiger partial charge in [-0.15, -0.1) is 0 Å². The molecule has 0 aliphatic heterocycles. The van der Waals surface area contributed by atoms with Crippen LogP contribution in [0.15, 0.2) is 66.7 Å². The van der Waals surface area contributed by atoms with E-state index in [2.05, 4.69) is 86.0 Å². The molecule has 0 fully saturated rings. The molecule has 0 bridgehead atoms. The number of ether oxygens (including phenoxy) is 1. The zero-order valence-electron chi connectivity index (χ0n) is 16.8. The van der Waals surface area contributed by atoms with Crippen molar-refractivity contribution in [3.63, 3.8) is 0 Å². The number of aromatic nitrogens is 2. The minimum Gasteiger partial charge on any atom is -0.491 e. The Labute approximate surface area is 166 Å². The van der Waals surface area contributed by atoms with Crippen molar-refractivity contribution in [2.24, 2.45) is 0 Å². The fourth-order valence-corrected chi connectivity index (χ4v) is 3.75. The molecular weight excluding hydrogens is 344 g/mol. The van der Waals surface area contributed by atoms with Gasteiger partial charge in [0.05, 0.1) is 17.6 Å². The monoisotopic (exact) mass is 370 g/mol. The Morgan fingerprint density at radius 3 is 2.25 bits per heavy atom. The summed E-state index contributed by atoms with van der Waals surface area (Å²) in [5.41, 5.74) is 7.17. The van der Waals surface area contributed by atoms with Crippen molar-refractivity contribution in [3.05, 3.63) is 94.8 Å². The first-order valence-electron chi connectivity index (χ1n) is 9.81. The lowest BCUT2D eigenvalue weighted by molar-refractivity contribution is 0.295. The Morgan fingerprint density at radius 1 is 0.786 bits per heavy atom. The predicted molar refractivity (Wildman–Crippen MR) is 115 cm³/mol. The van der Waals surface area contributed by atoms with Crippen LogP contribution in [0.1, 0.15) is 28.1 Å². The Bertz CT molecular complexity index is 1090. The molecule has 3 nitrogen and oxygen atoms in total. The van der Waals surface area contributed by atoms with Gasteiger partial charge in [-0.3, -0.25) is 0 Å². The fraction of sp³-hybridized carbons (Fsp3) is 0.240. The summed E-state index contributed by atoms with van der Waals surface area (Å²) in [6.45, 7) is 7.74. The molecule has 1 aromatic heterocycles. The number of hydrogen-bond acceptors (Lipinski definition) is 2. The van der Waals surface area contributed by atoms with Gasteiger partial charge >= 0.3 is 0 Å². The summed E-state index contributed by atoms with van der Waals surface area (Å²) >= 11 is 0. The topological polar surface area (TPSA) is 27.1 Å². The van der Waals surface area contributed by atoms with Crippen LogP contribution in [0.5, 0.6) is 5.75 Å². The molecule has 0 spiro atoms. The van der Waals surface area contributed by atoms with Crippen LogP contribution < -0.4 is 4.74 Å². The SMILES string of the molecule is Cc1ccccc1Cc1nc2ccccc2n1CCOc1c(C)cccc1C. The van der Waals surface area contributed by atoms with Gasteiger partial charge in [0.15, 0.2) is 0 Å². The normalized spacial score (nSPS) is 11.1. The van der Waals surface area contributed by atoms with Gasteiger partial charge in [0.25, 0.3) is 0 Å². The van der Waals surface area contributed by atoms with E-state index in [1.807, 2.05) is 6.07 Å². The van der Waals surface area contributed by atoms with Crippen LogP contribution in [0, 0.1) is 20.8 Å². The molecule has 0 N–H and O–H groups in total. The van der Waals surface area contributed by atoms with Gasteiger partial charge in [-0.05, 0) is 55.2 Å². The second kappa shape index (κ2) is 7.89. The first-order valence-corrected chi connectivity index (χ1v) is 9.81. The van der Waals surface area contributed by atoms with Gasteiger partial charge in [0, 0.05) is 6.42 Å². The summed E-state index contributed by atoms with van der Waals surface area (Å²) in [7, 11) is 0. The van der Waals surface area contributed by atoms with Crippen LogP contribution in [0.2, 0.25) is 0 Å². The second-order valence-corrected chi connectivity index (χ2v) is 7.34. The van der Waals surface area contributed by atoms with E-state index in [1.54, 1.807) is 0 Å². The highest BCUT2D eigenvalue weighted by molar-refractivity contribution is 5.76. The number of benzene rings is 3. The van der Waals surface area contributed by atoms with E-state index in [0.717, 1.165) is 35.6 Å². The van der Waals surface area contributed by atoms with Crippen molar-refractivity contribution in [1.29, 1.82) is 0 Å². The lowest BCUT2D eigenvalue weighted by Gasteiger charge is -2.14. The van der Waals surface area contributed by atoms with Gasteiger partial charge in [-0.25, -0.2) is 4.98 Å². The van der Waals surface area contributed by atoms with Crippen LogP contribution >= 0.6 is 0 Å². The molecule has 3 heteroatoms. The van der Waals surface area contributed by atoms with Crippen LogP contribution in [-0.2, 0) is 13.0 Å². The lowest BCUT2D eigenvalue weighted by Crippen LogP contribution is -2.12. The van der Waals surface area contributed by atoms with Crippen molar-refractivity contribution in [1.82, 2.24) is 9.55 Å². The van der Waals surface area contributed by atoms with E-state index in [4.69, 9.17) is 9.72 Å². The fourth-order valence-electron chi connectivity index (χ4n) is 3.75. The van der Waals surface area contributed by atoms with E-state index < -0.39 is 0 Å². The molecule has 0 aliphatic rings. The maximum Gasteiger partial charge on any atom is 0.125 e. The third kappa shape index (κ3) is 3.65. The maximum atomic E-state index is 6.17. The largest absolute Gasteiger partial charge is 0.491 e. The number of fused-ring (bicyclic) bond motifs is 1. The molecule has 0 unspecified atom stereocenters. The van der Waals surface area contributed by atoms with Crippen molar-refractivity contribution < 1.29 is 4.74 Å². The van der Waals surface area contributed by atoms with Crippen molar-refractivity contribution >= 4 is 11.0 Å². The van der Waals surface area contributed by atoms with Crippen molar-refractivity contribution in [2.45, 2.75) is 33.7 Å². The summed E-state index contributed by atoms with van der Waals surface area (Å²) in [6, 6.07) is 23.1. The van der Waals surface area contributed by atoms with E-state index in [0.29, 0.717) is 6.61 Å². The molecule has 3 aromatic carbocycles. The molecule has 4 rings (SSSR count). The standard InChI is InChI=1S/C25H26N2O/c1-18-9-4-5-12-21(18)17-24-26-22-13-6-7-14-23(22)27(24)15-16-28-25-19(2)10-8-11-20(25)3/h4-14H,15-17H2,1-3H3. The Morgan fingerprint density at radius 2 is 1.46 bits per heavy atom. The number of rotatable bonds is 6. The number of hydrogen-bond donors (Lipinski definition) is 0. The Balaban J connectivity index is 1.61. The molecule has 142 valence electrons. The zero-order valence-corrected chi connectivity index (χ0v) is 16.8. The highest BCUT2D eigenvalue weighted by atomic mass is 16.5. The number of nitrogens with zero attached hydrogens (tertiary/aromatic N) is 2. The second-order valence-electron chi connectivity index (χ2n) is 7.34. The number of para-hydroxylation sites is 3. The van der Waals surface area contributed by atoms with Crippen LogP contribution in [0.4, 0.5) is 0 Å². The summed E-state index contributed by atoms with van der Waals surface area (Å²) < 4.78 is 8.47. The van der Waals surface area contributed by atoms with Gasteiger partial charge in [-0.1, -0.05) is 54.6 Å². The molecule has 0 radical (unpaired) electrons. The molecule has 28 heavy (non-hydrogen) atoms. The van der Waals surface area contributed by atoms with Crippen LogP contribution in [0.25, 0.3) is 11.0 Å². The minimum absolute atomic E-state index is 0.618. The lowest BCUT2D eigenvalue weighted by atomic mass is 10.1. The van der Waals surface area contributed by atoms with E-state index in [1.165, 1.54) is 22.3 Å². The first kappa shape index (κ1) is 18.3. The summed E-state index contributed by atoms with van der Waals surface area (Å²) in [6.07, 6.45) is 0.824. The Kier molecular flexibility index (Phi) is 5.16. The quantitative estimate of drug-likeness (QED) is 0.440. The minimum atomic E-state index is 0.618. The summed E-state index contributed by atoms with van der Waals surface area (Å²) in [5.74, 6) is 2.08. The molecule has 0 amide bonds. The highest BCUT2D eigenvalue weighted by Crippen LogP contribution is 2.23. The van der Waals surface area contributed by atoms with E-state index >= 15 is 0 Å². The van der Waals surface area contributed by atoms with Crippen molar-refractivity contribution in [3.8, 4) is 5.75 Å². The molecule has 0 saturated carbocycles. The molecular formula is C25H26N2O. The van der Waals surface area contributed by atoms with Gasteiger partial charge in [0.2, 0.25) is 0 Å². The van der Waals surface area contributed by atoms with Gasteiger partial charge in [0.1, 0.15) is 18.2 Å². The number of aryl methyl sites for hydroxylation is 3. The molecule has 0 aliphatic carbocycles. The predicted octanol–water partition coefficient (Wildman–Crippen LogP) is 5.63. The third-order valence-electron chi connectivity index (χ3n) is 5.31. The molecule has 0 atom stereocenters.